The number of sulfonamides is 1. The minimum absolute atomic E-state index is 0.220. The Labute approximate surface area is 168 Å². The lowest BCUT2D eigenvalue weighted by atomic mass is 10.0. The number of carbonyl (C=O) groups excluding carboxylic acids is 1. The molecule has 2 aliphatic heterocycles. The number of hydrogen-bond acceptors (Lipinski definition) is 5. The number of halogens is 1. The van der Waals surface area contributed by atoms with E-state index in [-0.39, 0.29) is 42.8 Å². The fourth-order valence-corrected chi connectivity index (χ4v) is 4.86. The van der Waals surface area contributed by atoms with Crippen molar-refractivity contribution in [2.45, 2.75) is 17.4 Å². The predicted octanol–water partition coefficient (Wildman–Crippen LogP) is 1.85. The molecule has 0 N–H and O–H groups in total. The summed E-state index contributed by atoms with van der Waals surface area (Å²) in [6.45, 7) is 1.02. The molecule has 0 bridgehead atoms. The van der Waals surface area contributed by atoms with Gasteiger partial charge in [-0.2, -0.15) is 4.31 Å². The molecule has 2 heterocycles. The second kappa shape index (κ2) is 7.92. The number of amides is 1. The number of hydrogen-bond donors (Lipinski definition) is 0. The molecule has 29 heavy (non-hydrogen) atoms. The minimum atomic E-state index is -3.57. The second-order valence-corrected chi connectivity index (χ2v) is 8.82. The number of carbonyl (C=O) groups is 1. The first-order valence-electron chi connectivity index (χ1n) is 9.28. The molecule has 2 aliphatic rings. The van der Waals surface area contributed by atoms with Gasteiger partial charge in [0.05, 0.1) is 10.6 Å². The van der Waals surface area contributed by atoms with E-state index in [1.54, 1.807) is 47.4 Å². The van der Waals surface area contributed by atoms with Gasteiger partial charge < -0.3 is 9.74 Å². The van der Waals surface area contributed by atoms with E-state index < -0.39 is 16.1 Å². The number of benzene rings is 2. The van der Waals surface area contributed by atoms with Gasteiger partial charge in [0.25, 0.3) is 5.91 Å². The zero-order chi connectivity index (χ0) is 20.4. The molecule has 1 atom stereocenters. The number of oxime groups is 1. The standard InChI is InChI=1S/C20H20FN3O4S/c21-16-8-6-15(7-9-16)18-14-19(28-22-18)20(25)23-10-12-24(13-11-23)29(26,27)17-4-2-1-3-5-17/h1-9,19H,10-14H2/t19-/m0/s1. The van der Waals surface area contributed by atoms with E-state index in [4.69, 9.17) is 4.84 Å². The van der Waals surface area contributed by atoms with Crippen molar-refractivity contribution in [2.24, 2.45) is 5.16 Å². The lowest BCUT2D eigenvalue weighted by Crippen LogP contribution is -2.52. The normalized spacial score (nSPS) is 20.2. The van der Waals surface area contributed by atoms with Crippen LogP contribution in [-0.2, 0) is 19.7 Å². The number of rotatable bonds is 4. The van der Waals surface area contributed by atoms with Crippen molar-refractivity contribution in [3.63, 3.8) is 0 Å². The van der Waals surface area contributed by atoms with Gasteiger partial charge in [0.1, 0.15) is 5.82 Å². The zero-order valence-corrected chi connectivity index (χ0v) is 16.4. The van der Waals surface area contributed by atoms with E-state index in [0.717, 1.165) is 0 Å². The zero-order valence-electron chi connectivity index (χ0n) is 15.6. The summed E-state index contributed by atoms with van der Waals surface area (Å²) in [6.07, 6.45) is -0.445. The first kappa shape index (κ1) is 19.5. The molecule has 1 saturated heterocycles. The van der Waals surface area contributed by atoms with Crippen molar-refractivity contribution in [1.82, 2.24) is 9.21 Å². The summed E-state index contributed by atoms with van der Waals surface area (Å²) < 4.78 is 39.9. The minimum Gasteiger partial charge on any atom is -0.382 e. The molecule has 0 spiro atoms. The van der Waals surface area contributed by atoms with Gasteiger partial charge in [-0.25, -0.2) is 12.8 Å². The summed E-state index contributed by atoms with van der Waals surface area (Å²) in [4.78, 5) is 19.9. The molecule has 2 aromatic rings. The molecule has 2 aromatic carbocycles. The fourth-order valence-electron chi connectivity index (χ4n) is 3.42. The predicted molar refractivity (Wildman–Crippen MR) is 104 cm³/mol. The molecule has 1 fully saturated rings. The Morgan fingerprint density at radius 2 is 1.66 bits per heavy atom. The van der Waals surface area contributed by atoms with Crippen LogP contribution in [0.15, 0.2) is 64.6 Å². The lowest BCUT2D eigenvalue weighted by molar-refractivity contribution is -0.143. The summed E-state index contributed by atoms with van der Waals surface area (Å²) in [5.74, 6) is -0.563. The van der Waals surface area contributed by atoms with Crippen LogP contribution in [0, 0.1) is 5.82 Å². The molecule has 0 aliphatic carbocycles. The average Bonchev–Trinajstić information content (AvgIpc) is 3.25. The molecule has 0 aromatic heterocycles. The molecular weight excluding hydrogens is 397 g/mol. The molecule has 0 radical (unpaired) electrons. The van der Waals surface area contributed by atoms with Crippen molar-refractivity contribution in [3.05, 3.63) is 66.0 Å². The lowest BCUT2D eigenvalue weighted by Gasteiger charge is -2.34. The highest BCUT2D eigenvalue weighted by atomic mass is 32.2. The molecule has 152 valence electrons. The van der Waals surface area contributed by atoms with Gasteiger partial charge in [0.15, 0.2) is 0 Å². The van der Waals surface area contributed by atoms with Crippen LogP contribution in [0.2, 0.25) is 0 Å². The van der Waals surface area contributed by atoms with Gasteiger partial charge in [-0.05, 0) is 29.8 Å². The van der Waals surface area contributed by atoms with Crippen LogP contribution < -0.4 is 0 Å². The number of piperazine rings is 1. The maximum atomic E-state index is 13.1. The van der Waals surface area contributed by atoms with Crippen LogP contribution in [-0.4, -0.2) is 61.5 Å². The van der Waals surface area contributed by atoms with Crippen molar-refractivity contribution in [2.75, 3.05) is 26.2 Å². The molecule has 9 heteroatoms. The van der Waals surface area contributed by atoms with Crippen molar-refractivity contribution in [1.29, 1.82) is 0 Å². The summed E-state index contributed by atoms with van der Waals surface area (Å²) in [7, 11) is -3.57. The summed E-state index contributed by atoms with van der Waals surface area (Å²) in [5.41, 5.74) is 1.30. The highest BCUT2D eigenvalue weighted by Gasteiger charge is 2.36. The summed E-state index contributed by atoms with van der Waals surface area (Å²) in [5, 5.41) is 3.97. The maximum Gasteiger partial charge on any atom is 0.266 e. The Hall–Kier alpha value is -2.78. The van der Waals surface area contributed by atoms with Gasteiger partial charge in [-0.1, -0.05) is 35.5 Å². The Balaban J connectivity index is 1.35. The van der Waals surface area contributed by atoms with Crippen molar-refractivity contribution >= 4 is 21.6 Å². The maximum absolute atomic E-state index is 13.1. The third kappa shape index (κ3) is 4.01. The summed E-state index contributed by atoms with van der Waals surface area (Å²) >= 11 is 0. The third-order valence-electron chi connectivity index (χ3n) is 5.05. The largest absolute Gasteiger partial charge is 0.382 e. The van der Waals surface area contributed by atoms with Gasteiger partial charge in [0, 0.05) is 32.6 Å². The van der Waals surface area contributed by atoms with Gasteiger partial charge in [0.2, 0.25) is 16.1 Å². The van der Waals surface area contributed by atoms with Crippen molar-refractivity contribution in [3.8, 4) is 0 Å². The number of nitrogens with zero attached hydrogens (tertiary/aromatic N) is 3. The smallest absolute Gasteiger partial charge is 0.266 e. The molecule has 0 unspecified atom stereocenters. The summed E-state index contributed by atoms with van der Waals surface area (Å²) in [6, 6.07) is 14.1. The molecule has 1 amide bonds. The quantitative estimate of drug-likeness (QED) is 0.761. The van der Waals surface area contributed by atoms with E-state index in [1.807, 2.05) is 0 Å². The second-order valence-electron chi connectivity index (χ2n) is 6.89. The van der Waals surface area contributed by atoms with Gasteiger partial charge in [-0.15, -0.1) is 0 Å². The Morgan fingerprint density at radius 1 is 1.00 bits per heavy atom. The van der Waals surface area contributed by atoms with E-state index in [0.29, 0.717) is 17.7 Å². The molecule has 0 saturated carbocycles. The molecule has 4 rings (SSSR count). The van der Waals surface area contributed by atoms with Crippen molar-refractivity contribution < 1.29 is 22.4 Å². The average molecular weight is 417 g/mol. The highest BCUT2D eigenvalue weighted by molar-refractivity contribution is 7.89. The first-order valence-corrected chi connectivity index (χ1v) is 10.7. The Bertz CT molecular complexity index is 1020. The molecular formula is C20H20FN3O4S. The molecule has 7 nitrogen and oxygen atoms in total. The van der Waals surface area contributed by atoms with Crippen LogP contribution in [0.3, 0.4) is 0 Å². The first-order chi connectivity index (χ1) is 13.9. The van der Waals surface area contributed by atoms with Gasteiger partial charge >= 0.3 is 0 Å². The van der Waals surface area contributed by atoms with Crippen LogP contribution >= 0.6 is 0 Å². The van der Waals surface area contributed by atoms with E-state index >= 15 is 0 Å². The third-order valence-corrected chi connectivity index (χ3v) is 6.97. The Morgan fingerprint density at radius 3 is 2.31 bits per heavy atom. The van der Waals surface area contributed by atoms with Crippen LogP contribution in [0.25, 0.3) is 0 Å². The van der Waals surface area contributed by atoms with Crippen LogP contribution in [0.1, 0.15) is 12.0 Å². The van der Waals surface area contributed by atoms with E-state index in [1.165, 1.54) is 16.4 Å². The van der Waals surface area contributed by atoms with Gasteiger partial charge in [-0.3, -0.25) is 4.79 Å². The fraction of sp³-hybridized carbons (Fsp3) is 0.300. The van der Waals surface area contributed by atoms with Crippen LogP contribution in [0.5, 0.6) is 0 Å². The Kier molecular flexibility index (Phi) is 5.33. The topological polar surface area (TPSA) is 79.3 Å². The van der Waals surface area contributed by atoms with E-state index in [2.05, 4.69) is 5.16 Å². The highest BCUT2D eigenvalue weighted by Crippen LogP contribution is 2.21. The monoisotopic (exact) mass is 417 g/mol. The van der Waals surface area contributed by atoms with E-state index in [9.17, 15) is 17.6 Å². The SMILES string of the molecule is O=C([C@@H]1CC(c2ccc(F)cc2)=NO1)N1CCN(S(=O)(=O)c2ccccc2)CC1. The van der Waals surface area contributed by atoms with Crippen LogP contribution in [0.4, 0.5) is 4.39 Å².